The Morgan fingerprint density at radius 2 is 1.96 bits per heavy atom. The van der Waals surface area contributed by atoms with Gasteiger partial charge >= 0.3 is 0 Å². The number of nitrogens with two attached hydrogens (primary N) is 1. The van der Waals surface area contributed by atoms with E-state index < -0.39 is 0 Å². The van der Waals surface area contributed by atoms with Crippen LogP contribution in [0.25, 0.3) is 0 Å². The maximum absolute atomic E-state index is 5.69. The van der Waals surface area contributed by atoms with E-state index in [2.05, 4.69) is 77.0 Å². The first kappa shape index (κ1) is 17.8. The minimum atomic E-state index is 0.481. The van der Waals surface area contributed by atoms with Crippen LogP contribution in [-0.4, -0.2) is 20.3 Å². The second-order valence-corrected chi connectivity index (χ2v) is 6.39. The molecular weight excluding hydrogens is 401 g/mol. The third-order valence-corrected chi connectivity index (χ3v) is 4.30. The largest absolute Gasteiger partial charge is 0.493 e. The van der Waals surface area contributed by atoms with Crippen molar-refractivity contribution in [3.63, 3.8) is 0 Å². The Morgan fingerprint density at radius 1 is 1.17 bits per heavy atom. The number of hydrogen-bond donors (Lipinski definition) is 1. The van der Waals surface area contributed by atoms with E-state index >= 15 is 0 Å². The van der Waals surface area contributed by atoms with E-state index in [9.17, 15) is 0 Å². The number of benzene rings is 2. The highest BCUT2D eigenvalue weighted by atomic mass is 127. The Labute approximate surface area is 151 Å². The summed E-state index contributed by atoms with van der Waals surface area (Å²) in [6, 6.07) is 14.8. The molecule has 0 aromatic heterocycles. The van der Waals surface area contributed by atoms with Crippen molar-refractivity contribution in [2.75, 3.05) is 20.3 Å². The van der Waals surface area contributed by atoms with Gasteiger partial charge in [0.2, 0.25) is 0 Å². The first-order chi connectivity index (χ1) is 11.2. The lowest BCUT2D eigenvalue weighted by Crippen LogP contribution is -2.83. The maximum atomic E-state index is 5.69. The summed E-state index contributed by atoms with van der Waals surface area (Å²) >= 11 is 2.29. The Hall–Kier alpha value is -1.53. The van der Waals surface area contributed by atoms with E-state index in [-0.39, 0.29) is 0 Å². The van der Waals surface area contributed by atoms with Gasteiger partial charge in [-0.15, -0.1) is 0 Å². The normalized spacial score (nSPS) is 10.3. The first-order valence-electron chi connectivity index (χ1n) is 7.70. The average molecular weight is 424 g/mol. The van der Waals surface area contributed by atoms with Gasteiger partial charge < -0.3 is 14.8 Å². The zero-order chi connectivity index (χ0) is 16.5. The highest BCUT2D eigenvalue weighted by molar-refractivity contribution is 14.1. The fourth-order valence-electron chi connectivity index (χ4n) is 2.36. The summed E-state index contributed by atoms with van der Waals surface area (Å²) in [5.41, 5.74) is 2.62. The van der Waals surface area contributed by atoms with Crippen LogP contribution >= 0.6 is 22.6 Å². The van der Waals surface area contributed by atoms with Crippen molar-refractivity contribution in [2.45, 2.75) is 13.0 Å². The molecule has 0 heterocycles. The Morgan fingerprint density at radius 3 is 2.65 bits per heavy atom. The molecule has 122 valence electrons. The third-order valence-electron chi connectivity index (χ3n) is 3.49. The fourth-order valence-corrected chi connectivity index (χ4v) is 3.18. The molecule has 4 heteroatoms. The molecule has 2 aromatic carbocycles. The zero-order valence-corrected chi connectivity index (χ0v) is 15.6. The molecule has 0 radical (unpaired) electrons. The van der Waals surface area contributed by atoms with Gasteiger partial charge in [0, 0.05) is 12.0 Å². The van der Waals surface area contributed by atoms with E-state index in [0.29, 0.717) is 6.61 Å². The minimum absolute atomic E-state index is 0.481. The molecule has 0 saturated heterocycles. The molecule has 0 saturated carbocycles. The van der Waals surface area contributed by atoms with Gasteiger partial charge in [0.15, 0.2) is 11.5 Å². The van der Waals surface area contributed by atoms with Crippen LogP contribution in [-0.2, 0) is 13.0 Å². The van der Waals surface area contributed by atoms with Gasteiger partial charge in [0.1, 0.15) is 13.2 Å². The summed E-state index contributed by atoms with van der Waals surface area (Å²) in [5.74, 6) is 1.58. The lowest BCUT2D eigenvalue weighted by molar-refractivity contribution is -0.670. The van der Waals surface area contributed by atoms with Crippen molar-refractivity contribution in [3.8, 4) is 11.5 Å². The van der Waals surface area contributed by atoms with Crippen molar-refractivity contribution in [2.24, 2.45) is 0 Å². The van der Waals surface area contributed by atoms with Gasteiger partial charge in [-0.25, -0.2) is 0 Å². The fraction of sp³-hybridized carbons (Fsp3) is 0.263. The molecule has 23 heavy (non-hydrogen) atoms. The zero-order valence-electron chi connectivity index (χ0n) is 13.4. The quantitative estimate of drug-likeness (QED) is 0.381. The number of halogens is 1. The van der Waals surface area contributed by atoms with Gasteiger partial charge in [-0.3, -0.25) is 0 Å². The van der Waals surface area contributed by atoms with E-state index in [1.165, 1.54) is 11.1 Å². The molecule has 2 N–H and O–H groups in total. The van der Waals surface area contributed by atoms with Gasteiger partial charge in [-0.05, 0) is 40.3 Å². The summed E-state index contributed by atoms with van der Waals surface area (Å²) in [7, 11) is 1.68. The standard InChI is InChI=1S/C19H22INO2/c1-3-11-23-19-17(20)12-16(13-18(19)22-2)14-21-10-9-15-7-5-4-6-8-15/h3-8,12-13,21H,1,9-11,14H2,2H3/p+1. The predicted octanol–water partition coefficient (Wildman–Crippen LogP) is 3.17. The lowest BCUT2D eigenvalue weighted by Gasteiger charge is -2.13. The topological polar surface area (TPSA) is 35.1 Å². The second kappa shape index (κ2) is 9.57. The monoisotopic (exact) mass is 424 g/mol. The molecule has 0 aliphatic rings. The van der Waals surface area contributed by atoms with Crippen LogP contribution < -0.4 is 14.8 Å². The van der Waals surface area contributed by atoms with Gasteiger partial charge in [0.05, 0.1) is 17.2 Å². The SMILES string of the molecule is C=CCOc1c(I)cc(C[NH2+]CCc2ccccc2)cc1OC. The molecule has 0 aliphatic carbocycles. The molecule has 2 rings (SSSR count). The molecular formula is C19H23INO2+. The number of ether oxygens (including phenoxy) is 2. The van der Waals surface area contributed by atoms with Gasteiger partial charge in [-0.2, -0.15) is 0 Å². The van der Waals surface area contributed by atoms with E-state index in [4.69, 9.17) is 9.47 Å². The summed E-state index contributed by atoms with van der Waals surface area (Å²) in [6.45, 7) is 6.16. The van der Waals surface area contributed by atoms with E-state index in [0.717, 1.165) is 34.6 Å². The lowest BCUT2D eigenvalue weighted by atomic mass is 10.1. The number of rotatable bonds is 9. The van der Waals surface area contributed by atoms with E-state index in [1.807, 2.05) is 0 Å². The summed E-state index contributed by atoms with van der Waals surface area (Å²) in [4.78, 5) is 0. The maximum Gasteiger partial charge on any atom is 0.174 e. The van der Waals surface area contributed by atoms with Gasteiger partial charge in [-0.1, -0.05) is 43.0 Å². The van der Waals surface area contributed by atoms with Crippen LogP contribution in [0, 0.1) is 3.57 Å². The Balaban J connectivity index is 1.92. The van der Waals surface area contributed by atoms with E-state index in [1.54, 1.807) is 13.2 Å². The van der Waals surface area contributed by atoms with Crippen LogP contribution in [0.5, 0.6) is 11.5 Å². The molecule has 0 unspecified atom stereocenters. The summed E-state index contributed by atoms with van der Waals surface area (Å²) in [5, 5.41) is 2.32. The molecule has 0 bridgehead atoms. The molecule has 0 amide bonds. The second-order valence-electron chi connectivity index (χ2n) is 5.23. The molecule has 0 atom stereocenters. The Kier molecular flexibility index (Phi) is 7.42. The van der Waals surface area contributed by atoms with Crippen molar-refractivity contribution < 1.29 is 14.8 Å². The summed E-state index contributed by atoms with van der Waals surface area (Å²) < 4.78 is 12.2. The smallest absolute Gasteiger partial charge is 0.174 e. The average Bonchev–Trinajstić information content (AvgIpc) is 2.58. The highest BCUT2D eigenvalue weighted by Gasteiger charge is 2.12. The van der Waals surface area contributed by atoms with Crippen LogP contribution in [0.3, 0.4) is 0 Å². The van der Waals surface area contributed by atoms with Gasteiger partial charge in [0.25, 0.3) is 0 Å². The number of methoxy groups -OCH3 is 1. The van der Waals surface area contributed by atoms with Crippen molar-refractivity contribution in [1.82, 2.24) is 0 Å². The van der Waals surface area contributed by atoms with Crippen LogP contribution in [0.15, 0.2) is 55.1 Å². The minimum Gasteiger partial charge on any atom is -0.493 e. The molecule has 2 aromatic rings. The van der Waals surface area contributed by atoms with Crippen LogP contribution in [0.1, 0.15) is 11.1 Å². The number of hydrogen-bond acceptors (Lipinski definition) is 2. The number of quaternary nitrogens is 1. The molecule has 0 fully saturated rings. The van der Waals surface area contributed by atoms with Crippen molar-refractivity contribution in [1.29, 1.82) is 0 Å². The molecule has 3 nitrogen and oxygen atoms in total. The summed E-state index contributed by atoms with van der Waals surface area (Å²) in [6.07, 6.45) is 2.82. The van der Waals surface area contributed by atoms with Crippen molar-refractivity contribution in [3.05, 3.63) is 69.8 Å². The highest BCUT2D eigenvalue weighted by Crippen LogP contribution is 2.33. The molecule has 0 spiro atoms. The van der Waals surface area contributed by atoms with Crippen LogP contribution in [0.2, 0.25) is 0 Å². The Bertz CT molecular complexity index is 629. The van der Waals surface area contributed by atoms with Crippen LogP contribution in [0.4, 0.5) is 0 Å². The third kappa shape index (κ3) is 5.55. The van der Waals surface area contributed by atoms with Crippen molar-refractivity contribution >= 4 is 22.6 Å². The predicted molar refractivity (Wildman–Crippen MR) is 102 cm³/mol. The first-order valence-corrected chi connectivity index (χ1v) is 8.78. The molecule has 0 aliphatic heterocycles.